The van der Waals surface area contributed by atoms with E-state index in [1.165, 1.54) is 0 Å². The molecule has 8 nitrogen and oxygen atoms in total. The van der Waals surface area contributed by atoms with Gasteiger partial charge in [-0.25, -0.2) is 9.89 Å². The van der Waals surface area contributed by atoms with Crippen LogP contribution in [0.2, 0.25) is 0 Å². The van der Waals surface area contributed by atoms with Crippen LogP contribution in [0.4, 0.5) is 5.69 Å². The van der Waals surface area contributed by atoms with Crippen molar-refractivity contribution in [2.75, 3.05) is 25.8 Å². The molecule has 4 N–H and O–H groups in total. The molecule has 0 fully saturated rings. The highest BCUT2D eigenvalue weighted by Crippen LogP contribution is 2.45. The fourth-order valence-corrected chi connectivity index (χ4v) is 4.27. The zero-order valence-electron chi connectivity index (χ0n) is 18.3. The minimum atomic E-state index is -2.15. The molecule has 0 saturated heterocycles. The van der Waals surface area contributed by atoms with Gasteiger partial charge < -0.3 is 20.7 Å². The van der Waals surface area contributed by atoms with Crippen molar-refractivity contribution in [3.8, 4) is 11.8 Å². The summed E-state index contributed by atoms with van der Waals surface area (Å²) in [5.74, 6) is 1.84. The Morgan fingerprint density at radius 2 is 2.20 bits per heavy atom. The largest absolute Gasteiger partial charge is 0.494 e. The Hall–Kier alpha value is -2.62. The molecule has 1 aromatic rings. The van der Waals surface area contributed by atoms with Gasteiger partial charge in [-0.3, -0.25) is 4.99 Å². The molecule has 160 valence electrons. The second-order valence-electron chi connectivity index (χ2n) is 8.18. The lowest BCUT2D eigenvalue weighted by atomic mass is 9.79. The molecule has 0 radical (unpaired) electrons. The van der Waals surface area contributed by atoms with Crippen LogP contribution in [0.15, 0.2) is 40.0 Å². The summed E-state index contributed by atoms with van der Waals surface area (Å²) < 4.78 is 5.53. The monoisotopic (exact) mass is 429 g/mol. The van der Waals surface area contributed by atoms with Crippen LogP contribution in [0.25, 0.3) is 0 Å². The van der Waals surface area contributed by atoms with Crippen molar-refractivity contribution in [1.82, 2.24) is 10.6 Å². The molecular weight excluding hydrogens is 399 g/mol. The standard InChI is InChI=1S/C21H30N6O2P/c1-7-13(2)24-19-21(3)14(11-22)12-23-18(21)26-20(27-19)25-16-9-8-15(30(5,6)28)10-17(16)29-4/h8-10,12-13,18,23,28H,7H2,1-6H3,(H2,24,25,26,27)/q+1. The summed E-state index contributed by atoms with van der Waals surface area (Å²) in [5, 5.41) is 20.2. The summed E-state index contributed by atoms with van der Waals surface area (Å²) in [7, 11) is -0.560. The highest BCUT2D eigenvalue weighted by Gasteiger charge is 2.50. The first kappa shape index (κ1) is 22.1. The van der Waals surface area contributed by atoms with Crippen LogP contribution in [0.1, 0.15) is 27.2 Å². The first-order valence-electron chi connectivity index (χ1n) is 9.95. The number of fused-ring (bicyclic) bond motifs is 1. The molecular formula is C21H30N6O2P+. The van der Waals surface area contributed by atoms with Crippen molar-refractivity contribution >= 4 is 30.3 Å². The van der Waals surface area contributed by atoms with Crippen molar-refractivity contribution in [2.45, 2.75) is 39.4 Å². The number of nitriles is 1. The second kappa shape index (κ2) is 8.25. The van der Waals surface area contributed by atoms with Gasteiger partial charge in [0.1, 0.15) is 28.5 Å². The molecule has 2 heterocycles. The number of benzene rings is 1. The van der Waals surface area contributed by atoms with E-state index in [-0.39, 0.29) is 12.2 Å². The normalized spacial score (nSPS) is 25.3. The number of nitrogens with one attached hydrogen (secondary N) is 3. The van der Waals surface area contributed by atoms with Crippen molar-refractivity contribution in [3.63, 3.8) is 0 Å². The number of nitrogens with zero attached hydrogens (tertiary/aromatic N) is 3. The average Bonchev–Trinajstić information content (AvgIpc) is 3.04. The van der Waals surface area contributed by atoms with Crippen molar-refractivity contribution in [1.29, 1.82) is 5.26 Å². The van der Waals surface area contributed by atoms with Crippen molar-refractivity contribution in [2.24, 2.45) is 15.4 Å². The van der Waals surface area contributed by atoms with E-state index in [4.69, 9.17) is 14.7 Å². The van der Waals surface area contributed by atoms with E-state index >= 15 is 0 Å². The average molecular weight is 429 g/mol. The molecule has 0 aromatic heterocycles. The van der Waals surface area contributed by atoms with Gasteiger partial charge in [0.2, 0.25) is 5.96 Å². The lowest BCUT2D eigenvalue weighted by Gasteiger charge is -2.37. The molecule has 0 spiro atoms. The van der Waals surface area contributed by atoms with Crippen LogP contribution in [0.3, 0.4) is 0 Å². The molecule has 0 aliphatic carbocycles. The Labute approximate surface area is 178 Å². The van der Waals surface area contributed by atoms with Gasteiger partial charge >= 0.3 is 0 Å². The second-order valence-corrected chi connectivity index (χ2v) is 11.5. The Bertz CT molecular complexity index is 959. The van der Waals surface area contributed by atoms with E-state index in [0.29, 0.717) is 23.1 Å². The van der Waals surface area contributed by atoms with Gasteiger partial charge in [0.15, 0.2) is 7.49 Å². The minimum Gasteiger partial charge on any atom is -0.494 e. The van der Waals surface area contributed by atoms with Crippen LogP contribution in [-0.2, 0) is 0 Å². The molecule has 2 aliphatic rings. The molecule has 0 saturated carbocycles. The highest BCUT2D eigenvalue weighted by molar-refractivity contribution is 7.76. The summed E-state index contributed by atoms with van der Waals surface area (Å²) in [6.45, 7) is 9.78. The first-order chi connectivity index (χ1) is 14.1. The van der Waals surface area contributed by atoms with E-state index in [9.17, 15) is 10.2 Å². The number of aliphatic imine (C=N–C) groups is 2. The number of ether oxygens (including phenoxy) is 1. The number of methoxy groups -OCH3 is 1. The molecule has 9 heteroatoms. The molecule has 3 atom stereocenters. The molecule has 0 bridgehead atoms. The minimum absolute atomic E-state index is 0.106. The first-order valence-corrected chi connectivity index (χ1v) is 12.6. The van der Waals surface area contributed by atoms with Gasteiger partial charge in [0.25, 0.3) is 0 Å². The lowest BCUT2D eigenvalue weighted by molar-refractivity contribution is 0.416. The van der Waals surface area contributed by atoms with E-state index < -0.39 is 12.9 Å². The maximum absolute atomic E-state index is 10.4. The zero-order chi connectivity index (χ0) is 22.1. The number of rotatable bonds is 5. The van der Waals surface area contributed by atoms with Crippen molar-refractivity contribution in [3.05, 3.63) is 30.0 Å². The van der Waals surface area contributed by atoms with Crippen molar-refractivity contribution < 1.29 is 9.63 Å². The summed E-state index contributed by atoms with van der Waals surface area (Å²) in [5.41, 5.74) is 0.669. The third-order valence-electron chi connectivity index (χ3n) is 5.61. The van der Waals surface area contributed by atoms with Gasteiger partial charge in [-0.1, -0.05) is 6.92 Å². The molecule has 1 aromatic carbocycles. The summed E-state index contributed by atoms with van der Waals surface area (Å²) >= 11 is 0. The Kier molecular flexibility index (Phi) is 6.07. The number of guanidine groups is 1. The quantitative estimate of drug-likeness (QED) is 0.535. The van der Waals surface area contributed by atoms with Crippen LogP contribution in [0.5, 0.6) is 5.75 Å². The predicted octanol–water partition coefficient (Wildman–Crippen LogP) is 2.42. The topological polar surface area (TPSA) is 114 Å². The van der Waals surface area contributed by atoms with E-state index in [1.807, 2.05) is 45.4 Å². The third kappa shape index (κ3) is 4.00. The lowest BCUT2D eigenvalue weighted by Crippen LogP contribution is -2.56. The fraction of sp³-hybridized carbons (Fsp3) is 0.476. The molecule has 30 heavy (non-hydrogen) atoms. The van der Waals surface area contributed by atoms with Gasteiger partial charge in [-0.2, -0.15) is 5.26 Å². The molecule has 3 unspecified atom stereocenters. The maximum Gasteiger partial charge on any atom is 0.203 e. The van der Waals surface area contributed by atoms with Gasteiger partial charge in [-0.15, -0.1) is 0 Å². The summed E-state index contributed by atoms with van der Waals surface area (Å²) in [6.07, 6.45) is 2.26. The van der Waals surface area contributed by atoms with Gasteiger partial charge in [-0.05, 0) is 32.4 Å². The Morgan fingerprint density at radius 3 is 2.80 bits per heavy atom. The van der Waals surface area contributed by atoms with Crippen LogP contribution >= 0.6 is 7.49 Å². The van der Waals surface area contributed by atoms with Crippen LogP contribution in [0, 0.1) is 16.7 Å². The van der Waals surface area contributed by atoms with E-state index in [1.54, 1.807) is 13.3 Å². The Balaban J connectivity index is 1.96. The number of hydrogen-bond acceptors (Lipinski definition) is 7. The van der Waals surface area contributed by atoms with E-state index in [0.717, 1.165) is 17.4 Å². The number of anilines is 1. The predicted molar refractivity (Wildman–Crippen MR) is 124 cm³/mol. The van der Waals surface area contributed by atoms with Crippen LogP contribution < -0.4 is 26.0 Å². The smallest absolute Gasteiger partial charge is 0.203 e. The van der Waals surface area contributed by atoms with Crippen LogP contribution in [-0.4, -0.2) is 49.3 Å². The van der Waals surface area contributed by atoms with Gasteiger partial charge in [0.05, 0.1) is 37.8 Å². The maximum atomic E-state index is 10.4. The summed E-state index contributed by atoms with van der Waals surface area (Å²) in [6, 6.07) is 7.99. The van der Waals surface area contributed by atoms with Gasteiger partial charge in [0, 0.05) is 18.3 Å². The zero-order valence-corrected chi connectivity index (χ0v) is 19.2. The van der Waals surface area contributed by atoms with E-state index in [2.05, 4.69) is 28.9 Å². The fourth-order valence-electron chi connectivity index (χ4n) is 3.39. The molecule has 3 rings (SSSR count). The number of hydrogen-bond donors (Lipinski definition) is 4. The summed E-state index contributed by atoms with van der Waals surface area (Å²) in [4.78, 5) is 20.0. The third-order valence-corrected chi connectivity index (χ3v) is 7.15. The number of amidine groups is 1. The molecule has 0 amide bonds. The highest BCUT2D eigenvalue weighted by atomic mass is 31.2. The SMILES string of the molecule is CCC(C)N=C1NC(Nc2ccc([P+](C)(C)O)cc2OC)=NC2NC=C(C#N)C12C. The molecule has 2 aliphatic heterocycles. The Morgan fingerprint density at radius 1 is 1.47 bits per heavy atom.